The second-order valence-corrected chi connectivity index (χ2v) is 9.82. The van der Waals surface area contributed by atoms with Crippen molar-refractivity contribution in [3.8, 4) is 0 Å². The number of hydroxylamine groups is 1. The molecule has 4 N–H and O–H groups in total. The number of nitrogens with zero attached hydrogens (tertiary/aromatic N) is 1. The van der Waals surface area contributed by atoms with E-state index in [9.17, 15) is 19.6 Å². The summed E-state index contributed by atoms with van der Waals surface area (Å²) in [5.74, 6) is -2.24. The van der Waals surface area contributed by atoms with Gasteiger partial charge in [-0.2, -0.15) is 0 Å². The number of likely N-dealkylation sites (N-methyl/N-ethyl adjacent to an activating group) is 2. The molecule has 0 unspecified atom stereocenters. The van der Waals surface area contributed by atoms with Gasteiger partial charge in [0, 0.05) is 7.05 Å². The standard InChI is InChI=1S/C26H38N4O4/c1-7-14-30(6)21(24(32)29-34)20(23(31)28-22(25(33)27-5)26(2,3)4)16-17-12-13-18-10-8-9-11-19(18)15-17/h8-13,15,20-22,34H,7,14,16H2,1-6H3,(H,27,33)(H,28,31)(H,29,32)/t20-,21+,22-/m1/s1. The van der Waals surface area contributed by atoms with Crippen LogP contribution in [0.1, 0.15) is 39.7 Å². The number of nitrogens with one attached hydrogen (secondary N) is 3. The van der Waals surface area contributed by atoms with E-state index in [2.05, 4.69) is 10.6 Å². The maximum absolute atomic E-state index is 13.7. The van der Waals surface area contributed by atoms with E-state index in [0.29, 0.717) is 6.54 Å². The Bertz CT molecular complexity index is 1000. The van der Waals surface area contributed by atoms with Gasteiger partial charge in [0.1, 0.15) is 12.1 Å². The van der Waals surface area contributed by atoms with E-state index in [4.69, 9.17) is 0 Å². The molecule has 0 heterocycles. The van der Waals surface area contributed by atoms with Gasteiger partial charge in [-0.05, 0) is 48.2 Å². The molecule has 2 aromatic carbocycles. The fourth-order valence-electron chi connectivity index (χ4n) is 4.28. The highest BCUT2D eigenvalue weighted by atomic mass is 16.5. The Labute approximate surface area is 202 Å². The van der Waals surface area contributed by atoms with Gasteiger partial charge in [0.25, 0.3) is 5.91 Å². The third-order valence-electron chi connectivity index (χ3n) is 6.08. The van der Waals surface area contributed by atoms with Crippen LogP contribution in [0.2, 0.25) is 0 Å². The third-order valence-corrected chi connectivity index (χ3v) is 6.08. The normalized spacial score (nSPS) is 14.4. The predicted molar refractivity (Wildman–Crippen MR) is 133 cm³/mol. The van der Waals surface area contributed by atoms with Crippen LogP contribution in [0.4, 0.5) is 0 Å². The smallest absolute Gasteiger partial charge is 0.261 e. The minimum absolute atomic E-state index is 0.257. The molecule has 0 aliphatic heterocycles. The number of fused-ring (bicyclic) bond motifs is 1. The predicted octanol–water partition coefficient (Wildman–Crippen LogP) is 2.49. The van der Waals surface area contributed by atoms with E-state index in [-0.39, 0.29) is 12.3 Å². The van der Waals surface area contributed by atoms with Gasteiger partial charge in [-0.1, -0.05) is 70.2 Å². The molecule has 8 heteroatoms. The molecule has 34 heavy (non-hydrogen) atoms. The van der Waals surface area contributed by atoms with Crippen LogP contribution in [0, 0.1) is 11.3 Å². The van der Waals surface area contributed by atoms with Crippen molar-refractivity contribution < 1.29 is 19.6 Å². The maximum Gasteiger partial charge on any atom is 0.261 e. The first-order valence-electron chi connectivity index (χ1n) is 11.7. The van der Waals surface area contributed by atoms with Crippen LogP contribution in [0.5, 0.6) is 0 Å². The zero-order valence-corrected chi connectivity index (χ0v) is 21.0. The minimum atomic E-state index is -0.929. The Morgan fingerprint density at radius 3 is 2.21 bits per heavy atom. The number of amides is 3. The number of carbonyl (C=O) groups excluding carboxylic acids is 3. The van der Waals surface area contributed by atoms with Crippen molar-refractivity contribution in [3.63, 3.8) is 0 Å². The lowest BCUT2D eigenvalue weighted by atomic mass is 9.84. The van der Waals surface area contributed by atoms with Gasteiger partial charge in [-0.25, -0.2) is 5.48 Å². The molecular weight excluding hydrogens is 432 g/mol. The van der Waals surface area contributed by atoms with Crippen LogP contribution in [-0.4, -0.2) is 60.6 Å². The molecule has 0 aliphatic rings. The first-order valence-corrected chi connectivity index (χ1v) is 11.7. The molecule has 2 rings (SSSR count). The Kier molecular flexibility index (Phi) is 9.58. The van der Waals surface area contributed by atoms with Gasteiger partial charge in [-0.3, -0.25) is 24.5 Å². The fourth-order valence-corrected chi connectivity index (χ4v) is 4.28. The van der Waals surface area contributed by atoms with Crippen LogP contribution in [-0.2, 0) is 20.8 Å². The SMILES string of the molecule is CCCN(C)[C@H](C(=O)NO)[C@@H](Cc1ccc2ccccc2c1)C(=O)N[C@H](C(=O)NC)C(C)(C)C. The molecule has 2 aromatic rings. The summed E-state index contributed by atoms with van der Waals surface area (Å²) in [5.41, 5.74) is 2.07. The van der Waals surface area contributed by atoms with Crippen molar-refractivity contribution in [3.05, 3.63) is 48.0 Å². The first-order chi connectivity index (χ1) is 16.0. The van der Waals surface area contributed by atoms with Crippen molar-refractivity contribution in [1.29, 1.82) is 0 Å². The van der Waals surface area contributed by atoms with E-state index >= 15 is 0 Å². The van der Waals surface area contributed by atoms with Crippen molar-refractivity contribution in [1.82, 2.24) is 21.0 Å². The maximum atomic E-state index is 13.7. The highest BCUT2D eigenvalue weighted by Gasteiger charge is 2.40. The summed E-state index contributed by atoms with van der Waals surface area (Å²) in [4.78, 5) is 40.8. The molecule has 3 amide bonds. The number of carbonyl (C=O) groups is 3. The molecule has 0 spiro atoms. The number of hydrogen-bond acceptors (Lipinski definition) is 5. The second-order valence-electron chi connectivity index (χ2n) is 9.82. The number of hydrogen-bond donors (Lipinski definition) is 4. The number of rotatable bonds is 10. The molecule has 0 radical (unpaired) electrons. The Hall–Kier alpha value is -2.97. The van der Waals surface area contributed by atoms with E-state index < -0.39 is 35.2 Å². The van der Waals surface area contributed by atoms with Crippen molar-refractivity contribution in [2.45, 2.75) is 52.6 Å². The highest BCUT2D eigenvalue weighted by molar-refractivity contribution is 5.93. The minimum Gasteiger partial charge on any atom is -0.357 e. The lowest BCUT2D eigenvalue weighted by molar-refractivity contribution is -0.143. The quantitative estimate of drug-likeness (QED) is 0.315. The fraction of sp³-hybridized carbons (Fsp3) is 0.500. The molecule has 0 fully saturated rings. The highest BCUT2D eigenvalue weighted by Crippen LogP contribution is 2.24. The van der Waals surface area contributed by atoms with Gasteiger partial charge in [0.2, 0.25) is 11.8 Å². The molecule has 0 bridgehead atoms. The third kappa shape index (κ3) is 6.77. The average molecular weight is 471 g/mol. The van der Waals surface area contributed by atoms with Crippen molar-refractivity contribution >= 4 is 28.5 Å². The molecule has 8 nitrogen and oxygen atoms in total. The van der Waals surface area contributed by atoms with E-state index in [1.807, 2.05) is 70.2 Å². The van der Waals surface area contributed by atoms with E-state index in [1.165, 1.54) is 7.05 Å². The van der Waals surface area contributed by atoms with Gasteiger partial charge in [0.05, 0.1) is 5.92 Å². The Morgan fingerprint density at radius 1 is 1.00 bits per heavy atom. The van der Waals surface area contributed by atoms with Crippen LogP contribution in [0.3, 0.4) is 0 Å². The Balaban J connectivity index is 2.50. The van der Waals surface area contributed by atoms with Gasteiger partial charge in [-0.15, -0.1) is 0 Å². The lowest BCUT2D eigenvalue weighted by Crippen LogP contribution is -2.59. The van der Waals surface area contributed by atoms with Crippen molar-refractivity contribution in [2.24, 2.45) is 11.3 Å². The van der Waals surface area contributed by atoms with Gasteiger partial charge in [0.15, 0.2) is 0 Å². The summed E-state index contributed by atoms with van der Waals surface area (Å²) in [6, 6.07) is 12.1. The van der Waals surface area contributed by atoms with E-state index in [0.717, 1.165) is 22.8 Å². The van der Waals surface area contributed by atoms with Crippen molar-refractivity contribution in [2.75, 3.05) is 20.6 Å². The van der Waals surface area contributed by atoms with Crippen LogP contribution >= 0.6 is 0 Å². The molecular formula is C26H38N4O4. The van der Waals surface area contributed by atoms with E-state index in [1.54, 1.807) is 17.4 Å². The summed E-state index contributed by atoms with van der Waals surface area (Å²) >= 11 is 0. The second kappa shape index (κ2) is 11.9. The molecule has 0 saturated heterocycles. The molecule has 186 valence electrons. The first kappa shape index (κ1) is 27.3. The van der Waals surface area contributed by atoms with Gasteiger partial charge >= 0.3 is 0 Å². The largest absolute Gasteiger partial charge is 0.357 e. The van der Waals surface area contributed by atoms with Gasteiger partial charge < -0.3 is 10.6 Å². The summed E-state index contributed by atoms with van der Waals surface area (Å²) in [6.07, 6.45) is 1.02. The van der Waals surface area contributed by atoms with Crippen LogP contribution < -0.4 is 16.1 Å². The monoisotopic (exact) mass is 470 g/mol. The molecule has 3 atom stereocenters. The zero-order valence-electron chi connectivity index (χ0n) is 21.0. The average Bonchev–Trinajstić information content (AvgIpc) is 2.80. The Morgan fingerprint density at radius 2 is 1.65 bits per heavy atom. The summed E-state index contributed by atoms with van der Waals surface area (Å²) in [5, 5.41) is 17.1. The molecule has 0 saturated carbocycles. The topological polar surface area (TPSA) is 111 Å². The number of benzene rings is 2. The van der Waals surface area contributed by atoms with Crippen LogP contribution in [0.25, 0.3) is 10.8 Å². The molecule has 0 aliphatic carbocycles. The van der Waals surface area contributed by atoms with Crippen LogP contribution in [0.15, 0.2) is 42.5 Å². The molecule has 0 aromatic heterocycles. The zero-order chi connectivity index (χ0) is 25.5. The summed E-state index contributed by atoms with van der Waals surface area (Å²) in [6.45, 7) is 8.13. The lowest BCUT2D eigenvalue weighted by Gasteiger charge is -2.35. The summed E-state index contributed by atoms with van der Waals surface area (Å²) in [7, 11) is 3.28. The summed E-state index contributed by atoms with van der Waals surface area (Å²) < 4.78 is 0.